The SMILES string of the molecule is CCCN(CCC)C(=O)c1ccc(NC(=S)NC(=O)CCc2ccccc2)cc1. The van der Waals surface area contributed by atoms with Crippen molar-refractivity contribution in [2.24, 2.45) is 0 Å². The van der Waals surface area contributed by atoms with Gasteiger partial charge in [0.2, 0.25) is 5.91 Å². The van der Waals surface area contributed by atoms with E-state index in [0.29, 0.717) is 18.4 Å². The van der Waals surface area contributed by atoms with Crippen LogP contribution >= 0.6 is 12.2 Å². The number of benzene rings is 2. The molecule has 0 saturated carbocycles. The van der Waals surface area contributed by atoms with Crippen molar-refractivity contribution in [2.45, 2.75) is 39.5 Å². The van der Waals surface area contributed by atoms with E-state index in [1.165, 1.54) is 0 Å². The van der Waals surface area contributed by atoms with E-state index in [4.69, 9.17) is 12.2 Å². The molecule has 0 unspecified atom stereocenters. The third kappa shape index (κ3) is 7.66. The first-order chi connectivity index (χ1) is 14.0. The minimum atomic E-state index is -0.132. The summed E-state index contributed by atoms with van der Waals surface area (Å²) in [4.78, 5) is 26.6. The van der Waals surface area contributed by atoms with E-state index in [2.05, 4.69) is 24.5 Å². The van der Waals surface area contributed by atoms with Gasteiger partial charge in [-0.25, -0.2) is 0 Å². The number of rotatable bonds is 9. The number of anilines is 1. The van der Waals surface area contributed by atoms with Crippen LogP contribution in [0.15, 0.2) is 54.6 Å². The normalized spacial score (nSPS) is 10.3. The number of nitrogens with zero attached hydrogens (tertiary/aromatic N) is 1. The summed E-state index contributed by atoms with van der Waals surface area (Å²) < 4.78 is 0. The van der Waals surface area contributed by atoms with Gasteiger partial charge in [-0.2, -0.15) is 0 Å². The van der Waals surface area contributed by atoms with Crippen LogP contribution in [0.3, 0.4) is 0 Å². The van der Waals surface area contributed by atoms with Crippen molar-refractivity contribution in [1.82, 2.24) is 10.2 Å². The summed E-state index contributed by atoms with van der Waals surface area (Å²) in [5.74, 6) is -0.0926. The smallest absolute Gasteiger partial charge is 0.253 e. The van der Waals surface area contributed by atoms with E-state index in [-0.39, 0.29) is 16.9 Å². The van der Waals surface area contributed by atoms with E-state index in [9.17, 15) is 9.59 Å². The molecule has 0 aliphatic carbocycles. The molecule has 0 saturated heterocycles. The summed E-state index contributed by atoms with van der Waals surface area (Å²) in [7, 11) is 0. The summed E-state index contributed by atoms with van der Waals surface area (Å²) >= 11 is 5.22. The third-order valence-electron chi connectivity index (χ3n) is 4.40. The maximum absolute atomic E-state index is 12.6. The van der Waals surface area contributed by atoms with Crippen LogP contribution in [0.1, 0.15) is 49.0 Å². The molecule has 0 radical (unpaired) electrons. The Bertz CT molecular complexity index is 801. The number of amides is 2. The van der Waals surface area contributed by atoms with Gasteiger partial charge in [0.25, 0.3) is 5.91 Å². The lowest BCUT2D eigenvalue weighted by molar-refractivity contribution is -0.119. The second-order valence-corrected chi connectivity index (χ2v) is 7.27. The number of carbonyl (C=O) groups excluding carboxylic acids is 2. The predicted molar refractivity (Wildman–Crippen MR) is 122 cm³/mol. The average Bonchev–Trinajstić information content (AvgIpc) is 2.73. The van der Waals surface area contributed by atoms with Crippen molar-refractivity contribution in [3.05, 3.63) is 65.7 Å². The summed E-state index contributed by atoms with van der Waals surface area (Å²) in [6.07, 6.45) is 2.90. The summed E-state index contributed by atoms with van der Waals surface area (Å²) in [6.45, 7) is 5.65. The van der Waals surface area contributed by atoms with Gasteiger partial charge in [-0.1, -0.05) is 44.2 Å². The van der Waals surface area contributed by atoms with Crippen LogP contribution in [0.4, 0.5) is 5.69 Å². The van der Waals surface area contributed by atoms with Gasteiger partial charge in [-0.15, -0.1) is 0 Å². The van der Waals surface area contributed by atoms with Gasteiger partial charge >= 0.3 is 0 Å². The lowest BCUT2D eigenvalue weighted by Crippen LogP contribution is -2.34. The highest BCUT2D eigenvalue weighted by molar-refractivity contribution is 7.80. The van der Waals surface area contributed by atoms with Crippen LogP contribution in [0.5, 0.6) is 0 Å². The highest BCUT2D eigenvalue weighted by Gasteiger charge is 2.14. The molecule has 0 aromatic heterocycles. The minimum absolute atomic E-state index is 0.0389. The fraction of sp³-hybridized carbons (Fsp3) is 0.348. The standard InChI is InChI=1S/C23H29N3O2S/c1-3-16-26(17-4-2)22(28)19-11-13-20(14-12-19)24-23(29)25-21(27)15-10-18-8-6-5-7-9-18/h5-9,11-14H,3-4,10,15-17H2,1-2H3,(H2,24,25,27,29). The molecule has 2 rings (SSSR count). The maximum Gasteiger partial charge on any atom is 0.253 e. The molecule has 0 spiro atoms. The zero-order chi connectivity index (χ0) is 21.1. The van der Waals surface area contributed by atoms with Gasteiger partial charge in [0.05, 0.1) is 0 Å². The molecule has 0 aliphatic heterocycles. The van der Waals surface area contributed by atoms with E-state index in [0.717, 1.165) is 37.2 Å². The summed E-state index contributed by atoms with van der Waals surface area (Å²) in [5, 5.41) is 5.94. The predicted octanol–water partition coefficient (Wildman–Crippen LogP) is 4.39. The van der Waals surface area contributed by atoms with Gasteiger partial charge < -0.3 is 15.5 Å². The van der Waals surface area contributed by atoms with E-state index in [1.807, 2.05) is 35.2 Å². The van der Waals surface area contributed by atoms with Crippen LogP contribution in [-0.4, -0.2) is 34.9 Å². The fourth-order valence-electron chi connectivity index (χ4n) is 2.99. The number of hydrogen-bond acceptors (Lipinski definition) is 3. The summed E-state index contributed by atoms with van der Waals surface area (Å²) in [6, 6.07) is 17.0. The topological polar surface area (TPSA) is 61.4 Å². The Morgan fingerprint density at radius 1 is 0.931 bits per heavy atom. The zero-order valence-corrected chi connectivity index (χ0v) is 17.9. The van der Waals surface area contributed by atoms with E-state index in [1.54, 1.807) is 24.3 Å². The molecular weight excluding hydrogens is 382 g/mol. The molecule has 2 N–H and O–H groups in total. The Hall–Kier alpha value is -2.73. The van der Waals surface area contributed by atoms with Gasteiger partial charge in [-0.05, 0) is 61.3 Å². The Morgan fingerprint density at radius 3 is 2.14 bits per heavy atom. The maximum atomic E-state index is 12.6. The Morgan fingerprint density at radius 2 is 1.55 bits per heavy atom. The molecule has 2 aromatic carbocycles. The third-order valence-corrected chi connectivity index (χ3v) is 4.60. The molecule has 5 nitrogen and oxygen atoms in total. The van der Waals surface area contributed by atoms with Crippen molar-refractivity contribution in [3.63, 3.8) is 0 Å². The fourth-order valence-corrected chi connectivity index (χ4v) is 3.22. The molecule has 29 heavy (non-hydrogen) atoms. The minimum Gasteiger partial charge on any atom is -0.339 e. The lowest BCUT2D eigenvalue weighted by atomic mass is 10.1. The monoisotopic (exact) mass is 411 g/mol. The molecule has 0 aliphatic rings. The highest BCUT2D eigenvalue weighted by atomic mass is 32.1. The zero-order valence-electron chi connectivity index (χ0n) is 17.1. The number of nitrogens with one attached hydrogen (secondary N) is 2. The second-order valence-electron chi connectivity index (χ2n) is 6.86. The van der Waals surface area contributed by atoms with Crippen molar-refractivity contribution in [1.29, 1.82) is 0 Å². The number of carbonyl (C=O) groups is 2. The molecule has 2 amide bonds. The number of thiocarbonyl (C=S) groups is 1. The molecule has 6 heteroatoms. The van der Waals surface area contributed by atoms with E-state index >= 15 is 0 Å². The first-order valence-corrected chi connectivity index (χ1v) is 10.5. The van der Waals surface area contributed by atoms with Crippen LogP contribution in [0.25, 0.3) is 0 Å². The number of hydrogen-bond donors (Lipinski definition) is 2. The molecule has 0 fully saturated rings. The van der Waals surface area contributed by atoms with Gasteiger partial charge in [0.15, 0.2) is 5.11 Å². The quantitative estimate of drug-likeness (QED) is 0.601. The molecule has 2 aromatic rings. The number of aryl methyl sites for hydroxylation is 1. The molecule has 0 atom stereocenters. The van der Waals surface area contributed by atoms with Gasteiger partial charge in [-0.3, -0.25) is 9.59 Å². The van der Waals surface area contributed by atoms with Gasteiger partial charge in [0, 0.05) is 30.8 Å². The Balaban J connectivity index is 1.84. The molecule has 0 bridgehead atoms. The van der Waals surface area contributed by atoms with Crippen molar-refractivity contribution < 1.29 is 9.59 Å². The first kappa shape index (κ1) is 22.6. The van der Waals surface area contributed by atoms with Crippen molar-refractivity contribution in [2.75, 3.05) is 18.4 Å². The lowest BCUT2D eigenvalue weighted by Gasteiger charge is -2.21. The second kappa shape index (κ2) is 12.0. The largest absolute Gasteiger partial charge is 0.339 e. The van der Waals surface area contributed by atoms with Crippen LogP contribution in [-0.2, 0) is 11.2 Å². The highest BCUT2D eigenvalue weighted by Crippen LogP contribution is 2.12. The van der Waals surface area contributed by atoms with E-state index < -0.39 is 0 Å². The van der Waals surface area contributed by atoms with Gasteiger partial charge in [0.1, 0.15) is 0 Å². The first-order valence-electron chi connectivity index (χ1n) is 10.1. The van der Waals surface area contributed by atoms with Crippen molar-refractivity contribution in [3.8, 4) is 0 Å². The molecule has 0 heterocycles. The Kier molecular flexibility index (Phi) is 9.31. The van der Waals surface area contributed by atoms with Crippen molar-refractivity contribution >= 4 is 34.8 Å². The van der Waals surface area contributed by atoms with Crippen LogP contribution in [0, 0.1) is 0 Å². The van der Waals surface area contributed by atoms with Crippen LogP contribution < -0.4 is 10.6 Å². The Labute approximate surface area is 178 Å². The molecule has 154 valence electrons. The summed E-state index contributed by atoms with van der Waals surface area (Å²) in [5.41, 5.74) is 2.49. The van der Waals surface area contributed by atoms with Crippen LogP contribution in [0.2, 0.25) is 0 Å². The average molecular weight is 412 g/mol. The molecular formula is C23H29N3O2S.